The number of carbonyl (C=O) groups excluding carboxylic acids is 1. The molecule has 3 aliphatic rings. The van der Waals surface area contributed by atoms with Gasteiger partial charge in [-0.2, -0.15) is 5.26 Å². The highest BCUT2D eigenvalue weighted by atomic mass is 32.1. The van der Waals surface area contributed by atoms with Crippen LogP contribution in [0.15, 0.2) is 12.1 Å². The number of carbonyl (C=O) groups is 1. The third kappa shape index (κ3) is 3.39. The Morgan fingerprint density at radius 2 is 2.24 bits per heavy atom. The lowest BCUT2D eigenvalue weighted by Crippen LogP contribution is -2.51. The largest absolute Gasteiger partial charge is 0.482 e. The Labute approximate surface area is 173 Å². The average Bonchev–Trinajstić information content (AvgIpc) is 3.28. The zero-order valence-electron chi connectivity index (χ0n) is 16.0. The first kappa shape index (κ1) is 18.2. The van der Waals surface area contributed by atoms with Crippen molar-refractivity contribution in [2.24, 2.45) is 0 Å². The fraction of sp³-hybridized carbons (Fsp3) is 0.476. The molecule has 4 heterocycles. The van der Waals surface area contributed by atoms with Gasteiger partial charge in [-0.3, -0.25) is 4.79 Å². The van der Waals surface area contributed by atoms with Crippen LogP contribution in [0.5, 0.6) is 5.75 Å². The molecule has 0 saturated carbocycles. The molecule has 2 unspecified atom stereocenters. The highest BCUT2D eigenvalue weighted by Crippen LogP contribution is 2.38. The van der Waals surface area contributed by atoms with E-state index in [1.54, 1.807) is 23.5 Å². The standard InChI is InChI=1S/C21H21N5O2S/c22-9-14-3-1-2-4-18(14)28-13-20(27)25-8-7-17-19(12-25)29-21(24-17)26-15-5-6-16(26)11-23-10-15/h2,4,15-16,23H,5-8,10-13H2. The zero-order chi connectivity index (χ0) is 19.8. The first-order valence-electron chi connectivity index (χ1n) is 9.93. The van der Waals surface area contributed by atoms with Gasteiger partial charge >= 0.3 is 0 Å². The molecule has 1 aromatic carbocycles. The number of ether oxygens (including phenoxy) is 1. The maximum absolute atomic E-state index is 12.7. The fourth-order valence-electron chi connectivity index (χ4n) is 4.41. The second kappa shape index (κ2) is 7.55. The van der Waals surface area contributed by atoms with Crippen LogP contribution in [-0.2, 0) is 17.8 Å². The Morgan fingerprint density at radius 3 is 3.03 bits per heavy atom. The van der Waals surface area contributed by atoms with Crippen molar-refractivity contribution < 1.29 is 9.53 Å². The lowest BCUT2D eigenvalue weighted by Gasteiger charge is -2.35. The smallest absolute Gasteiger partial charge is 0.260 e. The third-order valence-electron chi connectivity index (χ3n) is 5.90. The Morgan fingerprint density at radius 1 is 1.41 bits per heavy atom. The first-order chi connectivity index (χ1) is 14.2. The van der Waals surface area contributed by atoms with E-state index in [4.69, 9.17) is 15.0 Å². The van der Waals surface area contributed by atoms with Crippen LogP contribution in [0.4, 0.5) is 5.13 Å². The van der Waals surface area contributed by atoms with E-state index in [0.717, 1.165) is 30.3 Å². The van der Waals surface area contributed by atoms with Gasteiger partial charge in [0, 0.05) is 43.0 Å². The summed E-state index contributed by atoms with van der Waals surface area (Å²) in [5.41, 5.74) is 1.40. The SMILES string of the molecule is N#Cc1c#cccc1OCC(=O)N1CCc2nc(N3C4CCC3CNC4)sc2C1. The number of nitrogens with one attached hydrogen (secondary N) is 1. The molecule has 7 nitrogen and oxygen atoms in total. The van der Waals surface area contributed by atoms with Gasteiger partial charge in [0.25, 0.3) is 5.91 Å². The van der Waals surface area contributed by atoms with Crippen molar-refractivity contribution in [3.05, 3.63) is 40.4 Å². The number of nitrogens with zero attached hydrogens (tertiary/aromatic N) is 4. The summed E-state index contributed by atoms with van der Waals surface area (Å²) in [5, 5.41) is 13.7. The maximum Gasteiger partial charge on any atom is 0.260 e. The van der Waals surface area contributed by atoms with E-state index < -0.39 is 0 Å². The van der Waals surface area contributed by atoms with Crippen molar-refractivity contribution >= 4 is 22.4 Å². The summed E-state index contributed by atoms with van der Waals surface area (Å²) in [6.07, 6.45) is 3.23. The van der Waals surface area contributed by atoms with Crippen LogP contribution in [0.3, 0.4) is 0 Å². The third-order valence-corrected chi connectivity index (χ3v) is 6.99. The van der Waals surface area contributed by atoms with Crippen LogP contribution in [0.25, 0.3) is 0 Å². The van der Waals surface area contributed by atoms with Gasteiger partial charge < -0.3 is 19.9 Å². The van der Waals surface area contributed by atoms with E-state index >= 15 is 0 Å². The van der Waals surface area contributed by atoms with E-state index in [9.17, 15) is 4.79 Å². The molecule has 29 heavy (non-hydrogen) atoms. The molecule has 148 valence electrons. The van der Waals surface area contributed by atoms with Crippen LogP contribution in [0.2, 0.25) is 0 Å². The van der Waals surface area contributed by atoms with Gasteiger partial charge in [-0.05, 0) is 31.0 Å². The van der Waals surface area contributed by atoms with Crippen LogP contribution in [0.1, 0.15) is 29.0 Å². The summed E-state index contributed by atoms with van der Waals surface area (Å²) < 4.78 is 5.58. The van der Waals surface area contributed by atoms with E-state index in [0.29, 0.717) is 30.9 Å². The predicted octanol–water partition coefficient (Wildman–Crippen LogP) is 1.52. The first-order valence-corrected chi connectivity index (χ1v) is 10.7. The normalized spacial score (nSPS) is 22.6. The molecule has 0 radical (unpaired) electrons. The molecule has 1 N–H and O–H groups in total. The monoisotopic (exact) mass is 407 g/mol. The molecule has 2 atom stereocenters. The zero-order valence-corrected chi connectivity index (χ0v) is 16.8. The summed E-state index contributed by atoms with van der Waals surface area (Å²) in [7, 11) is 0. The van der Waals surface area contributed by atoms with Gasteiger partial charge in [0.2, 0.25) is 0 Å². The summed E-state index contributed by atoms with van der Waals surface area (Å²) in [4.78, 5) is 23.1. The second-order valence-corrected chi connectivity index (χ2v) is 8.69. The number of anilines is 1. The number of thiazole rings is 1. The van der Waals surface area contributed by atoms with E-state index in [1.807, 2.05) is 11.0 Å². The molecule has 2 bridgehead atoms. The second-order valence-electron chi connectivity index (χ2n) is 7.62. The minimum atomic E-state index is -0.0878. The van der Waals surface area contributed by atoms with Gasteiger partial charge in [0.15, 0.2) is 11.7 Å². The van der Waals surface area contributed by atoms with Crippen molar-refractivity contribution in [2.45, 2.75) is 37.9 Å². The fourth-order valence-corrected chi connectivity index (χ4v) is 5.67. The Kier molecular flexibility index (Phi) is 4.75. The van der Waals surface area contributed by atoms with Crippen molar-refractivity contribution in [1.82, 2.24) is 15.2 Å². The predicted molar refractivity (Wildman–Crippen MR) is 108 cm³/mol. The minimum absolute atomic E-state index is 0.0791. The molecule has 1 amide bonds. The number of hydrogen-bond donors (Lipinski definition) is 1. The molecular weight excluding hydrogens is 386 g/mol. The number of piperazine rings is 1. The Balaban J connectivity index is 1.25. The van der Waals surface area contributed by atoms with E-state index in [1.165, 1.54) is 17.7 Å². The van der Waals surface area contributed by atoms with Crippen LogP contribution in [-0.4, -0.2) is 54.1 Å². The van der Waals surface area contributed by atoms with Crippen molar-refractivity contribution in [3.8, 4) is 11.8 Å². The molecule has 5 rings (SSSR count). The van der Waals surface area contributed by atoms with Crippen molar-refractivity contribution in [1.29, 1.82) is 5.26 Å². The van der Waals surface area contributed by atoms with Gasteiger partial charge in [0.05, 0.1) is 12.2 Å². The van der Waals surface area contributed by atoms with Crippen LogP contribution >= 0.6 is 11.3 Å². The van der Waals surface area contributed by atoms with Gasteiger partial charge in [-0.1, -0.05) is 17.4 Å². The Bertz CT molecular complexity index is 952. The molecule has 0 aliphatic carbocycles. The molecule has 3 aliphatic heterocycles. The molecule has 2 aromatic rings. The number of nitriles is 1. The molecule has 1 aromatic heterocycles. The van der Waals surface area contributed by atoms with Gasteiger partial charge in [-0.15, -0.1) is 0 Å². The number of fused-ring (bicyclic) bond motifs is 3. The van der Waals surface area contributed by atoms with Crippen LogP contribution < -0.4 is 15.0 Å². The molecular formula is C21H21N5O2S. The van der Waals surface area contributed by atoms with Crippen molar-refractivity contribution in [3.63, 3.8) is 0 Å². The van der Waals surface area contributed by atoms with Crippen molar-refractivity contribution in [2.75, 3.05) is 31.1 Å². The van der Waals surface area contributed by atoms with E-state index in [2.05, 4.69) is 22.3 Å². The number of amides is 1. The lowest BCUT2D eigenvalue weighted by atomic mass is 10.2. The van der Waals surface area contributed by atoms with Crippen LogP contribution in [0, 0.1) is 23.5 Å². The topological polar surface area (TPSA) is 81.5 Å². The highest BCUT2D eigenvalue weighted by Gasteiger charge is 2.39. The lowest BCUT2D eigenvalue weighted by molar-refractivity contribution is -0.134. The quantitative estimate of drug-likeness (QED) is 0.828. The number of aromatic nitrogens is 1. The molecule has 0 spiro atoms. The molecule has 2 saturated heterocycles. The molecule has 8 heteroatoms. The summed E-state index contributed by atoms with van der Waals surface area (Å²) >= 11 is 1.73. The summed E-state index contributed by atoms with van der Waals surface area (Å²) in [5.74, 6) is 0.288. The number of rotatable bonds is 4. The number of hydrogen-bond acceptors (Lipinski definition) is 7. The van der Waals surface area contributed by atoms with Gasteiger partial charge in [-0.25, -0.2) is 4.98 Å². The maximum atomic E-state index is 12.7. The van der Waals surface area contributed by atoms with E-state index in [-0.39, 0.29) is 18.1 Å². The summed E-state index contributed by atoms with van der Waals surface area (Å²) in [6.45, 7) is 3.20. The average molecular weight is 407 g/mol. The van der Waals surface area contributed by atoms with Gasteiger partial charge in [0.1, 0.15) is 17.4 Å². The Hall–Kier alpha value is -2.81. The minimum Gasteiger partial charge on any atom is -0.482 e. The highest BCUT2D eigenvalue weighted by molar-refractivity contribution is 7.15. The summed E-state index contributed by atoms with van der Waals surface area (Å²) in [6, 6.07) is 11.8. The molecule has 2 fully saturated rings.